The number of carbonyl (C=O) groups is 1. The summed E-state index contributed by atoms with van der Waals surface area (Å²) in [5.74, 6) is 2.85. The molecule has 1 aliphatic heterocycles. The number of benzene rings is 3. The lowest BCUT2D eigenvalue weighted by molar-refractivity contribution is 0.101. The van der Waals surface area contributed by atoms with Gasteiger partial charge >= 0.3 is 0 Å². The van der Waals surface area contributed by atoms with Gasteiger partial charge < -0.3 is 23.5 Å². The van der Waals surface area contributed by atoms with Gasteiger partial charge in [-0.05, 0) is 61.0 Å². The first-order valence-corrected chi connectivity index (χ1v) is 11.1. The van der Waals surface area contributed by atoms with Gasteiger partial charge in [0.25, 0.3) is 0 Å². The van der Waals surface area contributed by atoms with Crippen LogP contribution in [0.1, 0.15) is 28.4 Å². The molecule has 6 nitrogen and oxygen atoms in total. The minimum absolute atomic E-state index is 0.142. The number of ketones is 1. The van der Waals surface area contributed by atoms with Crippen LogP contribution in [-0.4, -0.2) is 24.6 Å². The summed E-state index contributed by atoms with van der Waals surface area (Å²) in [4.78, 5) is 13.0. The molecule has 0 N–H and O–H groups in total. The molecule has 4 aromatic rings. The average molecular weight is 456 g/mol. The zero-order valence-electron chi connectivity index (χ0n) is 19.3. The van der Waals surface area contributed by atoms with Crippen LogP contribution in [0.2, 0.25) is 0 Å². The fourth-order valence-electron chi connectivity index (χ4n) is 4.09. The molecule has 34 heavy (non-hydrogen) atoms. The van der Waals surface area contributed by atoms with Crippen LogP contribution in [0, 0.1) is 0 Å². The van der Waals surface area contributed by atoms with E-state index in [1.165, 1.54) is 0 Å². The predicted molar refractivity (Wildman–Crippen MR) is 131 cm³/mol. The molecule has 0 bridgehead atoms. The van der Waals surface area contributed by atoms with Crippen LogP contribution in [0.4, 0.5) is 0 Å². The zero-order chi connectivity index (χ0) is 23.7. The Bertz CT molecular complexity index is 1400. The van der Waals surface area contributed by atoms with E-state index < -0.39 is 0 Å². The molecule has 6 heteroatoms. The van der Waals surface area contributed by atoms with Crippen molar-refractivity contribution in [3.63, 3.8) is 0 Å². The van der Waals surface area contributed by atoms with Crippen LogP contribution in [-0.2, 0) is 13.2 Å². The summed E-state index contributed by atoms with van der Waals surface area (Å²) in [6.07, 6.45) is 3.83. The number of ether oxygens (including phenoxy) is 4. The van der Waals surface area contributed by atoms with Gasteiger partial charge in [0.15, 0.2) is 5.76 Å². The first-order valence-electron chi connectivity index (χ1n) is 11.1. The summed E-state index contributed by atoms with van der Waals surface area (Å²) in [7, 11) is 3.28. The number of nitrogens with zero attached hydrogens (tertiary/aromatic N) is 1. The molecule has 2 heterocycles. The summed E-state index contributed by atoms with van der Waals surface area (Å²) in [5.41, 5.74) is 3.52. The van der Waals surface area contributed by atoms with E-state index in [-0.39, 0.29) is 5.78 Å². The van der Waals surface area contributed by atoms with E-state index in [1.54, 1.807) is 38.5 Å². The van der Waals surface area contributed by atoms with E-state index in [0.29, 0.717) is 29.4 Å². The lowest BCUT2D eigenvalue weighted by Gasteiger charge is -2.08. The van der Waals surface area contributed by atoms with E-state index >= 15 is 0 Å². The van der Waals surface area contributed by atoms with Crippen molar-refractivity contribution >= 4 is 22.8 Å². The maximum atomic E-state index is 13.0. The Morgan fingerprint density at radius 2 is 1.65 bits per heavy atom. The maximum Gasteiger partial charge on any atom is 0.231 e. The third-order valence-corrected chi connectivity index (χ3v) is 5.95. The molecule has 0 atom stereocenters. The minimum Gasteiger partial charge on any atom is -0.497 e. The molecule has 0 fully saturated rings. The highest BCUT2D eigenvalue weighted by Crippen LogP contribution is 2.36. The Labute approximate surface area is 197 Å². The normalized spacial score (nSPS) is 13.7. The molecule has 0 spiro atoms. The molecule has 0 unspecified atom stereocenters. The lowest BCUT2D eigenvalue weighted by atomic mass is 10.1. The third-order valence-electron chi connectivity index (χ3n) is 5.95. The molecule has 0 radical (unpaired) electrons. The van der Waals surface area contributed by atoms with Gasteiger partial charge in [-0.25, -0.2) is 0 Å². The lowest BCUT2D eigenvalue weighted by Crippen LogP contribution is -1.98. The van der Waals surface area contributed by atoms with Crippen molar-refractivity contribution in [1.29, 1.82) is 0 Å². The highest BCUT2D eigenvalue weighted by atomic mass is 16.5. The van der Waals surface area contributed by atoms with Gasteiger partial charge in [0.2, 0.25) is 5.78 Å². The Kier molecular flexibility index (Phi) is 5.72. The number of aryl methyl sites for hydroxylation is 1. The SMILES string of the molecule is CCn1cc(/C=C2\Oc3cc(OCc4ccc(OC)cc4)ccc3C2=O)c2cc(OC)ccc21. The van der Waals surface area contributed by atoms with Crippen molar-refractivity contribution in [2.45, 2.75) is 20.1 Å². The number of fused-ring (bicyclic) bond motifs is 2. The van der Waals surface area contributed by atoms with Gasteiger partial charge in [0.05, 0.1) is 19.8 Å². The standard InChI is InChI=1S/C28H25NO5/c1-4-29-16-19(24-14-21(32-3)10-12-25(24)29)13-27-28(30)23-11-9-22(15-26(23)34-27)33-17-18-5-7-20(31-2)8-6-18/h5-16H,4,17H2,1-3H3/b27-13-. The van der Waals surface area contributed by atoms with E-state index in [4.69, 9.17) is 18.9 Å². The Hall–Kier alpha value is -4.19. The maximum absolute atomic E-state index is 13.0. The first-order chi connectivity index (χ1) is 16.6. The van der Waals surface area contributed by atoms with E-state index in [2.05, 4.69) is 11.5 Å². The number of hydrogen-bond donors (Lipinski definition) is 0. The van der Waals surface area contributed by atoms with Crippen molar-refractivity contribution < 1.29 is 23.7 Å². The number of hydrogen-bond acceptors (Lipinski definition) is 5. The molecule has 3 aromatic carbocycles. The van der Waals surface area contributed by atoms with Gasteiger partial charge in [-0.2, -0.15) is 0 Å². The fourth-order valence-corrected chi connectivity index (χ4v) is 4.09. The van der Waals surface area contributed by atoms with Crippen LogP contribution in [0.15, 0.2) is 72.6 Å². The third kappa shape index (κ3) is 3.99. The van der Waals surface area contributed by atoms with Crippen LogP contribution < -0.4 is 18.9 Å². The zero-order valence-corrected chi connectivity index (χ0v) is 19.3. The quantitative estimate of drug-likeness (QED) is 0.326. The van der Waals surface area contributed by atoms with Crippen molar-refractivity contribution in [3.05, 3.63) is 89.3 Å². The van der Waals surface area contributed by atoms with Crippen molar-refractivity contribution in [2.24, 2.45) is 0 Å². The van der Waals surface area contributed by atoms with Gasteiger partial charge in [-0.1, -0.05) is 12.1 Å². The highest BCUT2D eigenvalue weighted by Gasteiger charge is 2.28. The van der Waals surface area contributed by atoms with Gasteiger partial charge in [0, 0.05) is 35.3 Å². The molecule has 1 aliphatic rings. The minimum atomic E-state index is -0.142. The fraction of sp³-hybridized carbons (Fsp3) is 0.179. The molecular formula is C28H25NO5. The molecule has 0 saturated carbocycles. The van der Waals surface area contributed by atoms with Gasteiger partial charge in [-0.15, -0.1) is 0 Å². The number of aromatic nitrogens is 1. The Morgan fingerprint density at radius 3 is 2.38 bits per heavy atom. The van der Waals surface area contributed by atoms with Crippen molar-refractivity contribution in [2.75, 3.05) is 14.2 Å². The average Bonchev–Trinajstić information content (AvgIpc) is 3.39. The molecular weight excluding hydrogens is 430 g/mol. The van der Waals surface area contributed by atoms with E-state index in [1.807, 2.05) is 48.7 Å². The van der Waals surface area contributed by atoms with Crippen LogP contribution >= 0.6 is 0 Å². The largest absolute Gasteiger partial charge is 0.497 e. The topological polar surface area (TPSA) is 58.9 Å². The number of allylic oxidation sites excluding steroid dienone is 1. The summed E-state index contributed by atoms with van der Waals surface area (Å²) in [6.45, 7) is 3.30. The predicted octanol–water partition coefficient (Wildman–Crippen LogP) is 5.87. The Balaban J connectivity index is 1.39. The highest BCUT2D eigenvalue weighted by molar-refractivity contribution is 6.15. The molecule has 5 rings (SSSR count). The van der Waals surface area contributed by atoms with E-state index in [9.17, 15) is 4.79 Å². The number of carbonyl (C=O) groups excluding carboxylic acids is 1. The van der Waals surface area contributed by atoms with Crippen molar-refractivity contribution in [1.82, 2.24) is 4.57 Å². The number of methoxy groups -OCH3 is 2. The summed E-state index contributed by atoms with van der Waals surface area (Å²) in [6, 6.07) is 18.9. The second kappa shape index (κ2) is 8.98. The molecule has 0 amide bonds. The van der Waals surface area contributed by atoms with E-state index in [0.717, 1.165) is 40.1 Å². The number of rotatable bonds is 7. The molecule has 172 valence electrons. The second-order valence-corrected chi connectivity index (χ2v) is 7.99. The molecule has 0 saturated heterocycles. The summed E-state index contributed by atoms with van der Waals surface area (Å²) >= 11 is 0. The van der Waals surface area contributed by atoms with Gasteiger partial charge in [0.1, 0.15) is 29.6 Å². The monoisotopic (exact) mass is 455 g/mol. The summed E-state index contributed by atoms with van der Waals surface area (Å²) in [5, 5.41) is 1.00. The van der Waals surface area contributed by atoms with Crippen LogP contribution in [0.5, 0.6) is 23.0 Å². The van der Waals surface area contributed by atoms with Crippen molar-refractivity contribution in [3.8, 4) is 23.0 Å². The molecule has 1 aromatic heterocycles. The van der Waals surface area contributed by atoms with Gasteiger partial charge in [-0.3, -0.25) is 4.79 Å². The smallest absolute Gasteiger partial charge is 0.231 e. The summed E-state index contributed by atoms with van der Waals surface area (Å²) < 4.78 is 24.6. The first kappa shape index (κ1) is 21.6. The molecule has 0 aliphatic carbocycles. The Morgan fingerprint density at radius 1 is 0.912 bits per heavy atom. The second-order valence-electron chi connectivity index (χ2n) is 7.99. The van der Waals surface area contributed by atoms with Crippen LogP contribution in [0.25, 0.3) is 17.0 Å². The number of Topliss-reactive ketones (excluding diaryl/α,β-unsaturated/α-hetero) is 1. The van der Waals surface area contributed by atoms with Crippen LogP contribution in [0.3, 0.4) is 0 Å².